The largest absolute Gasteiger partial charge is 0.476 e. The van der Waals surface area contributed by atoms with E-state index in [0.717, 1.165) is 30.8 Å². The van der Waals surface area contributed by atoms with Crippen molar-refractivity contribution >= 4 is 23.2 Å². The molecule has 2 rings (SSSR count). The molecular formula is C11H15N3O3S. The molecule has 1 aromatic rings. The van der Waals surface area contributed by atoms with Gasteiger partial charge in [0, 0.05) is 25.0 Å². The number of hydrogen-bond acceptors (Lipinski definition) is 5. The zero-order valence-electron chi connectivity index (χ0n) is 10.1. The fourth-order valence-electron chi connectivity index (χ4n) is 1.86. The Labute approximate surface area is 109 Å². The highest BCUT2D eigenvalue weighted by Gasteiger charge is 2.22. The maximum atomic E-state index is 12.2. The molecule has 18 heavy (non-hydrogen) atoms. The first-order valence-electron chi connectivity index (χ1n) is 5.74. The molecule has 0 spiro atoms. The quantitative estimate of drug-likeness (QED) is 0.852. The summed E-state index contributed by atoms with van der Waals surface area (Å²) < 4.78 is 0. The Morgan fingerprint density at radius 2 is 2.11 bits per heavy atom. The highest BCUT2D eigenvalue weighted by molar-refractivity contribution is 7.11. The van der Waals surface area contributed by atoms with Gasteiger partial charge in [0.1, 0.15) is 0 Å². The highest BCUT2D eigenvalue weighted by Crippen LogP contribution is 2.14. The van der Waals surface area contributed by atoms with E-state index in [2.05, 4.69) is 9.88 Å². The van der Waals surface area contributed by atoms with Crippen molar-refractivity contribution in [2.45, 2.75) is 6.42 Å². The standard InChI is InChI=1S/C11H15N3O3S/c1-13-3-2-4-14(6-5-13)10(15)9-12-8(7-18-9)11(16)17/h7H,2-6H2,1H3,(H,16,17). The van der Waals surface area contributed by atoms with Crippen molar-refractivity contribution in [2.24, 2.45) is 0 Å². The van der Waals surface area contributed by atoms with Crippen LogP contribution in [0.25, 0.3) is 0 Å². The third-order valence-corrected chi connectivity index (χ3v) is 3.74. The van der Waals surface area contributed by atoms with Crippen LogP contribution in [0.5, 0.6) is 0 Å². The number of hydrogen-bond donors (Lipinski definition) is 1. The Balaban J connectivity index is 2.07. The van der Waals surface area contributed by atoms with E-state index < -0.39 is 5.97 Å². The SMILES string of the molecule is CN1CCCN(C(=O)c2nc(C(=O)O)cs2)CC1. The van der Waals surface area contributed by atoms with Crippen LogP contribution in [0.1, 0.15) is 26.7 Å². The lowest BCUT2D eigenvalue weighted by molar-refractivity contribution is 0.0691. The molecule has 1 aliphatic heterocycles. The van der Waals surface area contributed by atoms with Gasteiger partial charge >= 0.3 is 5.97 Å². The third-order valence-electron chi connectivity index (χ3n) is 2.91. The number of likely N-dealkylation sites (N-methyl/N-ethyl adjacent to an activating group) is 1. The number of rotatable bonds is 2. The van der Waals surface area contributed by atoms with Gasteiger partial charge in [-0.05, 0) is 20.0 Å². The van der Waals surface area contributed by atoms with E-state index in [0.29, 0.717) is 13.1 Å². The van der Waals surface area contributed by atoms with E-state index in [4.69, 9.17) is 5.11 Å². The molecule has 1 fully saturated rings. The van der Waals surface area contributed by atoms with Crippen LogP contribution >= 0.6 is 11.3 Å². The molecule has 1 saturated heterocycles. The topological polar surface area (TPSA) is 73.7 Å². The van der Waals surface area contributed by atoms with Gasteiger partial charge in [0.05, 0.1) is 0 Å². The molecule has 0 aliphatic carbocycles. The predicted octanol–water partition coefficient (Wildman–Crippen LogP) is 0.619. The van der Waals surface area contributed by atoms with Gasteiger partial charge in [-0.15, -0.1) is 11.3 Å². The van der Waals surface area contributed by atoms with Crippen molar-refractivity contribution in [3.63, 3.8) is 0 Å². The normalized spacial score (nSPS) is 17.5. The molecule has 2 heterocycles. The number of carboxylic acids is 1. The summed E-state index contributed by atoms with van der Waals surface area (Å²) in [5.41, 5.74) is -0.0599. The summed E-state index contributed by atoms with van der Waals surface area (Å²) >= 11 is 1.09. The van der Waals surface area contributed by atoms with Crippen LogP contribution in [0.4, 0.5) is 0 Å². The van der Waals surface area contributed by atoms with Gasteiger partial charge in [-0.3, -0.25) is 4.79 Å². The summed E-state index contributed by atoms with van der Waals surface area (Å²) in [4.78, 5) is 30.7. The predicted molar refractivity (Wildman–Crippen MR) is 67.1 cm³/mol. The maximum absolute atomic E-state index is 12.2. The average molecular weight is 269 g/mol. The molecule has 1 N–H and O–H groups in total. The Hall–Kier alpha value is -1.47. The van der Waals surface area contributed by atoms with Crippen LogP contribution in [0, 0.1) is 0 Å². The number of amides is 1. The second-order valence-electron chi connectivity index (χ2n) is 4.29. The summed E-state index contributed by atoms with van der Waals surface area (Å²) in [6.45, 7) is 3.17. The van der Waals surface area contributed by atoms with Crippen molar-refractivity contribution in [3.05, 3.63) is 16.1 Å². The number of nitrogens with zero attached hydrogens (tertiary/aromatic N) is 3. The lowest BCUT2D eigenvalue weighted by Gasteiger charge is -2.18. The third kappa shape index (κ3) is 2.85. The first-order chi connectivity index (χ1) is 8.58. The van der Waals surface area contributed by atoms with Crippen LogP contribution in [0.2, 0.25) is 0 Å². The van der Waals surface area contributed by atoms with Crippen molar-refractivity contribution in [1.29, 1.82) is 0 Å². The van der Waals surface area contributed by atoms with Crippen molar-refractivity contribution in [1.82, 2.24) is 14.8 Å². The van der Waals surface area contributed by atoms with Crippen LogP contribution < -0.4 is 0 Å². The minimum absolute atomic E-state index is 0.0599. The molecule has 6 nitrogen and oxygen atoms in total. The molecule has 1 aliphatic rings. The lowest BCUT2D eigenvalue weighted by atomic mass is 10.4. The van der Waals surface area contributed by atoms with E-state index in [1.54, 1.807) is 4.90 Å². The van der Waals surface area contributed by atoms with Crippen molar-refractivity contribution in [3.8, 4) is 0 Å². The maximum Gasteiger partial charge on any atom is 0.355 e. The van der Waals surface area contributed by atoms with Crippen molar-refractivity contribution in [2.75, 3.05) is 33.2 Å². The zero-order chi connectivity index (χ0) is 13.1. The smallest absolute Gasteiger partial charge is 0.355 e. The fraction of sp³-hybridized carbons (Fsp3) is 0.545. The van der Waals surface area contributed by atoms with Gasteiger partial charge in [-0.1, -0.05) is 0 Å². The summed E-state index contributed by atoms with van der Waals surface area (Å²) in [7, 11) is 2.03. The summed E-state index contributed by atoms with van der Waals surface area (Å²) in [6.07, 6.45) is 0.930. The molecular weight excluding hydrogens is 254 g/mol. The number of carboxylic acid groups (broad SMARTS) is 1. The molecule has 0 atom stereocenters. The summed E-state index contributed by atoms with van der Waals surface area (Å²) in [5, 5.41) is 10.4. The first-order valence-corrected chi connectivity index (χ1v) is 6.62. The molecule has 1 amide bonds. The molecule has 0 bridgehead atoms. The number of aromatic carboxylic acids is 1. The van der Waals surface area contributed by atoms with Crippen LogP contribution in [-0.4, -0.2) is 65.0 Å². The molecule has 98 valence electrons. The lowest BCUT2D eigenvalue weighted by Crippen LogP contribution is -2.34. The Bertz CT molecular complexity index is 460. The Morgan fingerprint density at radius 1 is 1.33 bits per heavy atom. The molecule has 0 aromatic carbocycles. The van der Waals surface area contributed by atoms with E-state index in [1.165, 1.54) is 5.38 Å². The van der Waals surface area contributed by atoms with Crippen LogP contribution in [0.3, 0.4) is 0 Å². The number of aromatic nitrogens is 1. The first kappa shape index (κ1) is 13.0. The summed E-state index contributed by atoms with van der Waals surface area (Å²) in [5.74, 6) is -1.26. The van der Waals surface area contributed by atoms with Crippen LogP contribution in [0.15, 0.2) is 5.38 Å². The molecule has 0 saturated carbocycles. The fourth-order valence-corrected chi connectivity index (χ4v) is 2.61. The average Bonchev–Trinajstić information content (AvgIpc) is 2.73. The number of carbonyl (C=O) groups is 2. The van der Waals surface area contributed by atoms with Gasteiger partial charge < -0.3 is 14.9 Å². The second-order valence-corrected chi connectivity index (χ2v) is 5.15. The van der Waals surface area contributed by atoms with Gasteiger partial charge in [0.25, 0.3) is 5.91 Å². The minimum Gasteiger partial charge on any atom is -0.476 e. The van der Waals surface area contributed by atoms with Crippen LogP contribution in [-0.2, 0) is 0 Å². The van der Waals surface area contributed by atoms with E-state index in [1.807, 2.05) is 7.05 Å². The van der Waals surface area contributed by atoms with E-state index in [9.17, 15) is 9.59 Å². The number of thiazole rings is 1. The molecule has 0 unspecified atom stereocenters. The number of carbonyl (C=O) groups excluding carboxylic acids is 1. The summed E-state index contributed by atoms with van der Waals surface area (Å²) in [6, 6.07) is 0. The van der Waals surface area contributed by atoms with Gasteiger partial charge in [0.15, 0.2) is 10.7 Å². The second kappa shape index (κ2) is 5.45. The van der Waals surface area contributed by atoms with Gasteiger partial charge in [-0.25, -0.2) is 9.78 Å². The monoisotopic (exact) mass is 269 g/mol. The molecule has 1 aromatic heterocycles. The van der Waals surface area contributed by atoms with Crippen molar-refractivity contribution < 1.29 is 14.7 Å². The molecule has 0 radical (unpaired) electrons. The van der Waals surface area contributed by atoms with E-state index >= 15 is 0 Å². The minimum atomic E-state index is -1.10. The highest BCUT2D eigenvalue weighted by atomic mass is 32.1. The molecule has 7 heteroatoms. The zero-order valence-corrected chi connectivity index (χ0v) is 10.9. The van der Waals surface area contributed by atoms with Gasteiger partial charge in [-0.2, -0.15) is 0 Å². The Kier molecular flexibility index (Phi) is 3.93. The van der Waals surface area contributed by atoms with E-state index in [-0.39, 0.29) is 16.6 Å². The van der Waals surface area contributed by atoms with Gasteiger partial charge in [0.2, 0.25) is 0 Å². The Morgan fingerprint density at radius 3 is 2.78 bits per heavy atom.